The molecule has 0 aromatic heterocycles. The highest BCUT2D eigenvalue weighted by atomic mass is 35.5. The number of esters is 3. The lowest BCUT2D eigenvalue weighted by Gasteiger charge is -2.70. The Hall–Kier alpha value is -2.36. The van der Waals surface area contributed by atoms with Gasteiger partial charge in [-0.25, -0.2) is 4.79 Å². The van der Waals surface area contributed by atoms with Crippen LogP contribution >= 0.6 is 11.6 Å². The van der Waals surface area contributed by atoms with Gasteiger partial charge in [0.25, 0.3) is 0 Å². The third-order valence-electron chi connectivity index (χ3n) is 13.5. The van der Waals surface area contributed by atoms with Crippen molar-refractivity contribution in [3.05, 3.63) is 35.9 Å². The Balaban J connectivity index is 1.52. The minimum atomic E-state index is -1.88. The zero-order chi connectivity index (χ0) is 36.0. The Morgan fingerprint density at radius 3 is 2.28 bits per heavy atom. The highest BCUT2D eigenvalue weighted by Crippen LogP contribution is 2.80. The molecule has 5 aliphatic carbocycles. The predicted molar refractivity (Wildman–Crippen MR) is 175 cm³/mol. The second-order valence-electron chi connectivity index (χ2n) is 15.0. The molecule has 3 unspecified atom stereocenters. The molecule has 13 nitrogen and oxygen atoms in total. The molecular formula is C36H48ClNO12. The number of hydrogen-bond acceptors (Lipinski definition) is 13. The van der Waals surface area contributed by atoms with E-state index in [0.29, 0.717) is 19.5 Å². The lowest BCUT2D eigenvalue weighted by atomic mass is 9.42. The second-order valence-corrected chi connectivity index (χ2v) is 15.3. The van der Waals surface area contributed by atoms with E-state index in [1.807, 2.05) is 6.92 Å². The Morgan fingerprint density at radius 1 is 0.980 bits per heavy atom. The number of halogens is 1. The fraction of sp³-hybridized carbons (Fsp3) is 0.750. The summed E-state index contributed by atoms with van der Waals surface area (Å²) in [6.45, 7) is 4.48. The van der Waals surface area contributed by atoms with Crippen LogP contribution in [0.1, 0.15) is 37.0 Å². The molecule has 7 bridgehead atoms. The topological polar surface area (TPSA) is 160 Å². The molecular weight excluding hydrogens is 674 g/mol. The molecule has 50 heavy (non-hydrogen) atoms. The van der Waals surface area contributed by atoms with E-state index in [9.17, 15) is 24.6 Å². The molecule has 6 aliphatic rings. The van der Waals surface area contributed by atoms with Crippen LogP contribution in [0.25, 0.3) is 0 Å². The predicted octanol–water partition coefficient (Wildman–Crippen LogP) is 1.44. The number of aliphatic hydroxyl groups excluding tert-OH is 1. The summed E-state index contributed by atoms with van der Waals surface area (Å²) in [7, 11) is 6.19. The number of carbonyl (C=O) groups excluding carboxylic acids is 3. The first-order valence-electron chi connectivity index (χ1n) is 17.4. The summed E-state index contributed by atoms with van der Waals surface area (Å²) in [5.74, 6) is -4.87. The Kier molecular flexibility index (Phi) is 9.11. The van der Waals surface area contributed by atoms with Gasteiger partial charge in [-0.15, -0.1) is 11.6 Å². The van der Waals surface area contributed by atoms with Crippen molar-refractivity contribution >= 4 is 29.5 Å². The number of likely N-dealkylation sites (tertiary alicyclic amines) is 1. The number of alkyl halides is 1. The van der Waals surface area contributed by atoms with Gasteiger partial charge in [-0.05, 0) is 31.0 Å². The average Bonchev–Trinajstić information content (AvgIpc) is 3.48. The van der Waals surface area contributed by atoms with Gasteiger partial charge in [0.2, 0.25) is 0 Å². The van der Waals surface area contributed by atoms with Crippen molar-refractivity contribution in [2.75, 3.05) is 54.0 Å². The van der Waals surface area contributed by atoms with Crippen LogP contribution in [0.3, 0.4) is 0 Å². The smallest absolute Gasteiger partial charge is 0.338 e. The minimum absolute atomic E-state index is 0.0335. The molecule has 0 radical (unpaired) electrons. The molecule has 5 saturated carbocycles. The molecule has 14 heteroatoms. The van der Waals surface area contributed by atoms with Crippen LogP contribution in [0, 0.1) is 34.5 Å². The van der Waals surface area contributed by atoms with Gasteiger partial charge in [-0.2, -0.15) is 0 Å². The van der Waals surface area contributed by atoms with Crippen LogP contribution in [0.4, 0.5) is 0 Å². The molecule has 6 fully saturated rings. The van der Waals surface area contributed by atoms with E-state index >= 15 is 0 Å². The first-order valence-corrected chi connectivity index (χ1v) is 17.9. The van der Waals surface area contributed by atoms with Crippen LogP contribution in [-0.4, -0.2) is 141 Å². The quantitative estimate of drug-likeness (QED) is 0.192. The van der Waals surface area contributed by atoms with E-state index in [-0.39, 0.29) is 24.5 Å². The number of nitrogens with zero attached hydrogens (tertiary/aromatic N) is 1. The summed E-state index contributed by atoms with van der Waals surface area (Å²) in [6, 6.07) is 8.06. The Morgan fingerprint density at radius 2 is 1.70 bits per heavy atom. The molecule has 1 spiro atoms. The molecule has 1 aliphatic heterocycles. The second kappa shape index (κ2) is 12.6. The summed E-state index contributed by atoms with van der Waals surface area (Å²) in [5, 5.41) is 25.5. The van der Waals surface area contributed by atoms with Gasteiger partial charge in [-0.1, -0.05) is 25.1 Å². The van der Waals surface area contributed by atoms with Crippen LogP contribution in [0.2, 0.25) is 0 Å². The summed E-state index contributed by atoms with van der Waals surface area (Å²) in [5.41, 5.74) is -5.06. The fourth-order valence-corrected chi connectivity index (χ4v) is 12.7. The third-order valence-corrected chi connectivity index (χ3v) is 13.7. The lowest BCUT2D eigenvalue weighted by molar-refractivity contribution is -0.322. The zero-order valence-corrected chi connectivity index (χ0v) is 30.0. The number of fused-ring (bicyclic) bond motifs is 2. The van der Waals surface area contributed by atoms with Crippen LogP contribution < -0.4 is 0 Å². The molecule has 15 atom stereocenters. The number of rotatable bonds is 11. The first kappa shape index (κ1) is 36.0. The van der Waals surface area contributed by atoms with Crippen molar-refractivity contribution in [2.45, 2.75) is 80.6 Å². The highest BCUT2D eigenvalue weighted by molar-refractivity contribution is 6.26. The molecule has 2 N–H and O–H groups in total. The lowest BCUT2D eigenvalue weighted by Crippen LogP contribution is -2.81. The number of benzene rings is 1. The molecule has 7 rings (SSSR count). The van der Waals surface area contributed by atoms with Crippen molar-refractivity contribution in [3.63, 3.8) is 0 Å². The van der Waals surface area contributed by atoms with E-state index in [2.05, 4.69) is 4.90 Å². The maximum Gasteiger partial charge on any atom is 0.338 e. The Labute approximate surface area is 296 Å². The van der Waals surface area contributed by atoms with Crippen LogP contribution in [0.5, 0.6) is 0 Å². The van der Waals surface area contributed by atoms with Crippen molar-refractivity contribution < 1.29 is 57.8 Å². The van der Waals surface area contributed by atoms with E-state index in [1.165, 1.54) is 14.0 Å². The van der Waals surface area contributed by atoms with Crippen molar-refractivity contribution in [3.8, 4) is 0 Å². The van der Waals surface area contributed by atoms with Gasteiger partial charge < -0.3 is 43.4 Å². The van der Waals surface area contributed by atoms with E-state index < -0.39 is 106 Å². The zero-order valence-electron chi connectivity index (χ0n) is 29.3. The fourth-order valence-electron chi connectivity index (χ4n) is 12.6. The first-order chi connectivity index (χ1) is 23.9. The largest absolute Gasteiger partial charge is 0.461 e. The monoisotopic (exact) mass is 721 g/mol. The molecule has 1 aromatic rings. The normalized spacial score (nSPS) is 46.7. The van der Waals surface area contributed by atoms with Crippen molar-refractivity contribution in [2.24, 2.45) is 34.5 Å². The van der Waals surface area contributed by atoms with Gasteiger partial charge in [0.05, 0.1) is 24.4 Å². The van der Waals surface area contributed by atoms with E-state index in [4.69, 9.17) is 44.8 Å². The maximum absolute atomic E-state index is 13.9. The maximum atomic E-state index is 13.9. The summed E-state index contributed by atoms with van der Waals surface area (Å²) in [4.78, 5) is 42.4. The minimum Gasteiger partial charge on any atom is -0.461 e. The summed E-state index contributed by atoms with van der Waals surface area (Å²) < 4.78 is 44.0. The van der Waals surface area contributed by atoms with Crippen molar-refractivity contribution in [1.29, 1.82) is 0 Å². The van der Waals surface area contributed by atoms with Gasteiger partial charge in [0.1, 0.15) is 35.9 Å². The number of aliphatic hydroxyl groups is 2. The van der Waals surface area contributed by atoms with E-state index in [0.717, 1.165) is 0 Å². The van der Waals surface area contributed by atoms with Crippen LogP contribution in [0.15, 0.2) is 30.3 Å². The highest BCUT2D eigenvalue weighted by Gasteiger charge is 2.92. The van der Waals surface area contributed by atoms with Gasteiger partial charge in [0, 0.05) is 83.0 Å². The number of piperidine rings is 1. The summed E-state index contributed by atoms with van der Waals surface area (Å²) >= 11 is 5.99. The SMILES string of the molecule is CCN1C[C@@]2(COC)C3[C@@H](OC)[C@H]4[C@@H]1[C@@]3(C1C[C@@]3(O)[C@H](OC(=O)c5ccccc5)C1[C@]4(OC(C)=O)[C@@H](O)[C@@H]3OC)[C@@H](OC)C[C@H]2OC(=O)CCl. The average molecular weight is 722 g/mol. The number of methoxy groups -OCH3 is 4. The molecule has 0 amide bonds. The molecule has 1 saturated heterocycles. The van der Waals surface area contributed by atoms with Crippen LogP contribution in [-0.2, 0) is 42.7 Å². The van der Waals surface area contributed by atoms with Gasteiger partial charge >= 0.3 is 17.9 Å². The summed E-state index contributed by atoms with van der Waals surface area (Å²) in [6.07, 6.45) is -5.73. The molecule has 1 aromatic carbocycles. The number of ether oxygens (including phenoxy) is 7. The molecule has 276 valence electrons. The van der Waals surface area contributed by atoms with E-state index in [1.54, 1.807) is 51.7 Å². The molecule has 1 heterocycles. The van der Waals surface area contributed by atoms with Gasteiger partial charge in [-0.3, -0.25) is 14.5 Å². The number of carbonyl (C=O) groups is 3. The van der Waals surface area contributed by atoms with Crippen molar-refractivity contribution in [1.82, 2.24) is 4.90 Å². The number of hydrogen-bond donors (Lipinski definition) is 2. The van der Waals surface area contributed by atoms with Gasteiger partial charge in [0.15, 0.2) is 5.60 Å². The third kappa shape index (κ3) is 4.35. The Bertz CT molecular complexity index is 1500. The standard InChI is InChI=1S/C36H48ClNO12/c1-7-38-16-33(17-44-3)21(48-23(40)15-37)13-22(45-4)35-20-14-34(43)30(49-32(42)19-11-9-8-10-12-19)24(20)36(50-18(2)39,29(41)31(34)47-6)25(28(35)38)26(46-5)27(33)35/h8-12,20-22,24-31,41,43H,7,13-17H2,1-6H3/t20?,21-,22+,24?,25+,26+,27?,28-,29+,30-,31+,33+,34-,35+,36-/m1/s1.